The van der Waals surface area contributed by atoms with Gasteiger partial charge in [0.2, 0.25) is 0 Å². The first kappa shape index (κ1) is 15.8. The number of hydrogen-bond donors (Lipinski definition) is 1. The van der Waals surface area contributed by atoms with Crippen molar-refractivity contribution < 1.29 is 19.1 Å². The maximum atomic E-state index is 11.8. The Hall–Kier alpha value is -2.56. The second-order valence-corrected chi connectivity index (χ2v) is 4.89. The van der Waals surface area contributed by atoms with Crippen LogP contribution < -0.4 is 5.32 Å². The molecule has 0 bridgehead atoms. The lowest BCUT2D eigenvalue weighted by molar-refractivity contribution is -0.143. The van der Waals surface area contributed by atoms with Crippen molar-refractivity contribution in [2.24, 2.45) is 0 Å². The van der Waals surface area contributed by atoms with Gasteiger partial charge in [0.1, 0.15) is 6.04 Å². The monoisotopic (exact) mass is 301 g/mol. The number of alkyl carbamates (subject to hydrolysis) is 1. The Morgan fingerprint density at radius 3 is 2.50 bits per heavy atom. The van der Waals surface area contributed by atoms with Crippen molar-refractivity contribution in [1.82, 2.24) is 5.32 Å². The molecule has 0 fully saturated rings. The van der Waals surface area contributed by atoms with E-state index < -0.39 is 18.1 Å². The number of benzene rings is 2. The summed E-state index contributed by atoms with van der Waals surface area (Å²) in [5.74, 6) is -0.481. The standard InChI is InChI=1S/C17H19NO4/c1-21-16(19)15(18-17(20)22-2)11-10-13-8-5-7-12-6-3-4-9-14(12)13/h3-9,15H,10-11H2,1-2H3,(H,18,20)/t15-/m0/s1. The van der Waals surface area contributed by atoms with Crippen LogP contribution in [0.5, 0.6) is 0 Å². The van der Waals surface area contributed by atoms with Crippen molar-refractivity contribution in [2.75, 3.05) is 14.2 Å². The number of aryl methyl sites for hydroxylation is 1. The van der Waals surface area contributed by atoms with Gasteiger partial charge in [-0.3, -0.25) is 0 Å². The molecule has 0 saturated heterocycles. The second-order valence-electron chi connectivity index (χ2n) is 4.89. The number of carbonyl (C=O) groups is 2. The summed E-state index contributed by atoms with van der Waals surface area (Å²) in [5, 5.41) is 4.79. The minimum Gasteiger partial charge on any atom is -0.467 e. The molecule has 0 aliphatic heterocycles. The largest absolute Gasteiger partial charge is 0.467 e. The molecule has 1 atom stereocenters. The number of ether oxygens (including phenoxy) is 2. The van der Waals surface area contributed by atoms with Crippen molar-refractivity contribution in [3.63, 3.8) is 0 Å². The summed E-state index contributed by atoms with van der Waals surface area (Å²) in [5.41, 5.74) is 1.12. The average Bonchev–Trinajstić information content (AvgIpc) is 2.57. The Labute approximate surface area is 129 Å². The van der Waals surface area contributed by atoms with E-state index in [-0.39, 0.29) is 0 Å². The highest BCUT2D eigenvalue weighted by molar-refractivity contribution is 5.86. The van der Waals surface area contributed by atoms with Gasteiger partial charge in [0.05, 0.1) is 14.2 Å². The number of hydrogen-bond acceptors (Lipinski definition) is 4. The summed E-state index contributed by atoms with van der Waals surface area (Å²) in [7, 11) is 2.56. The molecule has 116 valence electrons. The lowest BCUT2D eigenvalue weighted by Gasteiger charge is -2.16. The molecular formula is C17H19NO4. The summed E-state index contributed by atoms with van der Waals surface area (Å²) in [6, 6.07) is 13.4. The molecule has 0 radical (unpaired) electrons. The fourth-order valence-corrected chi connectivity index (χ4v) is 2.40. The third kappa shape index (κ3) is 3.75. The molecule has 1 N–H and O–H groups in total. The number of carbonyl (C=O) groups excluding carboxylic acids is 2. The van der Waals surface area contributed by atoms with E-state index in [1.165, 1.54) is 14.2 Å². The normalized spacial score (nSPS) is 11.7. The molecule has 0 saturated carbocycles. The van der Waals surface area contributed by atoms with Crippen LogP contribution in [0.2, 0.25) is 0 Å². The van der Waals surface area contributed by atoms with Crippen LogP contribution >= 0.6 is 0 Å². The summed E-state index contributed by atoms with van der Waals surface area (Å²) in [4.78, 5) is 23.1. The van der Waals surface area contributed by atoms with Crippen LogP contribution in [0.1, 0.15) is 12.0 Å². The molecule has 0 aromatic heterocycles. The van der Waals surface area contributed by atoms with Gasteiger partial charge in [-0.2, -0.15) is 0 Å². The van der Waals surface area contributed by atoms with Gasteiger partial charge in [0.25, 0.3) is 0 Å². The van der Waals surface area contributed by atoms with E-state index >= 15 is 0 Å². The molecule has 0 spiro atoms. The Balaban J connectivity index is 2.13. The summed E-state index contributed by atoms with van der Waals surface area (Å²) < 4.78 is 9.26. The summed E-state index contributed by atoms with van der Waals surface area (Å²) in [6.07, 6.45) is 0.439. The molecular weight excluding hydrogens is 282 g/mol. The smallest absolute Gasteiger partial charge is 0.407 e. The Morgan fingerprint density at radius 2 is 1.77 bits per heavy atom. The first-order valence-electron chi connectivity index (χ1n) is 7.04. The first-order chi connectivity index (χ1) is 10.7. The SMILES string of the molecule is COC(=O)N[C@@H](CCc1cccc2ccccc12)C(=O)OC. The van der Waals surface area contributed by atoms with Crippen LogP contribution in [0.3, 0.4) is 0 Å². The molecule has 2 aromatic rings. The minimum absolute atomic E-state index is 0.440. The molecule has 22 heavy (non-hydrogen) atoms. The van der Waals surface area contributed by atoms with E-state index in [1.54, 1.807) is 0 Å². The van der Waals surface area contributed by atoms with Crippen molar-refractivity contribution in [2.45, 2.75) is 18.9 Å². The predicted molar refractivity (Wildman–Crippen MR) is 83.6 cm³/mol. The number of esters is 1. The van der Waals surface area contributed by atoms with E-state index in [2.05, 4.69) is 10.1 Å². The second kappa shape index (κ2) is 7.45. The fraction of sp³-hybridized carbons (Fsp3) is 0.294. The van der Waals surface area contributed by atoms with E-state index in [0.717, 1.165) is 16.3 Å². The molecule has 0 aliphatic rings. The van der Waals surface area contributed by atoms with E-state index in [1.807, 2.05) is 42.5 Å². The van der Waals surface area contributed by atoms with Crippen molar-refractivity contribution in [3.05, 3.63) is 48.0 Å². The number of fused-ring (bicyclic) bond motifs is 1. The molecule has 5 nitrogen and oxygen atoms in total. The lowest BCUT2D eigenvalue weighted by Crippen LogP contribution is -2.41. The van der Waals surface area contributed by atoms with Crippen molar-refractivity contribution in [1.29, 1.82) is 0 Å². The zero-order valence-corrected chi connectivity index (χ0v) is 12.7. The molecule has 5 heteroatoms. The van der Waals surface area contributed by atoms with Crippen LogP contribution in [-0.2, 0) is 20.7 Å². The van der Waals surface area contributed by atoms with E-state index in [9.17, 15) is 9.59 Å². The fourth-order valence-electron chi connectivity index (χ4n) is 2.40. The molecule has 2 rings (SSSR count). The number of nitrogens with one attached hydrogen (secondary N) is 1. The zero-order valence-electron chi connectivity index (χ0n) is 12.7. The molecule has 0 heterocycles. The third-order valence-corrected chi connectivity index (χ3v) is 3.55. The van der Waals surface area contributed by atoms with Crippen LogP contribution in [0, 0.1) is 0 Å². The highest BCUT2D eigenvalue weighted by atomic mass is 16.5. The highest BCUT2D eigenvalue weighted by Crippen LogP contribution is 2.20. The Kier molecular flexibility index (Phi) is 5.36. The number of amides is 1. The first-order valence-corrected chi connectivity index (χ1v) is 7.04. The summed E-state index contributed by atoms with van der Waals surface area (Å²) in [6.45, 7) is 0. The van der Waals surface area contributed by atoms with E-state index in [0.29, 0.717) is 12.8 Å². The van der Waals surface area contributed by atoms with Crippen molar-refractivity contribution in [3.8, 4) is 0 Å². The minimum atomic E-state index is -0.726. The highest BCUT2D eigenvalue weighted by Gasteiger charge is 2.21. The molecule has 2 aromatic carbocycles. The van der Waals surface area contributed by atoms with Gasteiger partial charge in [0, 0.05) is 0 Å². The maximum absolute atomic E-state index is 11.8. The van der Waals surface area contributed by atoms with Gasteiger partial charge >= 0.3 is 12.1 Å². The van der Waals surface area contributed by atoms with Crippen LogP contribution in [0.4, 0.5) is 4.79 Å². The van der Waals surface area contributed by atoms with Gasteiger partial charge < -0.3 is 14.8 Å². The average molecular weight is 301 g/mol. The van der Waals surface area contributed by atoms with Gasteiger partial charge in [-0.1, -0.05) is 42.5 Å². The Bertz CT molecular complexity index is 663. The number of rotatable bonds is 5. The van der Waals surface area contributed by atoms with Gasteiger partial charge in [-0.15, -0.1) is 0 Å². The quantitative estimate of drug-likeness (QED) is 0.862. The van der Waals surface area contributed by atoms with Crippen LogP contribution in [0.15, 0.2) is 42.5 Å². The summed E-state index contributed by atoms with van der Waals surface area (Å²) >= 11 is 0. The zero-order chi connectivity index (χ0) is 15.9. The molecule has 1 amide bonds. The molecule has 0 unspecified atom stereocenters. The predicted octanol–water partition coefficient (Wildman–Crippen LogP) is 2.67. The maximum Gasteiger partial charge on any atom is 0.407 e. The number of methoxy groups -OCH3 is 2. The lowest BCUT2D eigenvalue weighted by atomic mass is 9.99. The van der Waals surface area contributed by atoms with Gasteiger partial charge in [-0.25, -0.2) is 9.59 Å². The van der Waals surface area contributed by atoms with Gasteiger partial charge in [-0.05, 0) is 29.2 Å². The van der Waals surface area contributed by atoms with Gasteiger partial charge in [0.15, 0.2) is 0 Å². The Morgan fingerprint density at radius 1 is 1.05 bits per heavy atom. The third-order valence-electron chi connectivity index (χ3n) is 3.55. The van der Waals surface area contributed by atoms with Crippen molar-refractivity contribution >= 4 is 22.8 Å². The molecule has 0 aliphatic carbocycles. The topological polar surface area (TPSA) is 64.6 Å². The van der Waals surface area contributed by atoms with Crippen LogP contribution in [0.25, 0.3) is 10.8 Å². The van der Waals surface area contributed by atoms with Crippen LogP contribution in [-0.4, -0.2) is 32.3 Å². The van der Waals surface area contributed by atoms with E-state index in [4.69, 9.17) is 4.74 Å².